The van der Waals surface area contributed by atoms with Gasteiger partial charge in [-0.1, -0.05) is 51.8 Å². The summed E-state index contributed by atoms with van der Waals surface area (Å²) in [6, 6.07) is 14.1. The summed E-state index contributed by atoms with van der Waals surface area (Å²) in [5.74, 6) is 1.76. The van der Waals surface area contributed by atoms with Gasteiger partial charge in [-0.05, 0) is 75.1 Å². The highest BCUT2D eigenvalue weighted by Gasteiger charge is 2.13. The molecule has 0 amide bonds. The van der Waals surface area contributed by atoms with Crippen LogP contribution in [-0.2, 0) is 13.0 Å². The standard InChI is InChI=1S/C21H26BrClN2O/c22-20-12-19(23)8-7-18(20)15-26-21-6-2-1-4-17(21)5-3-10-24-13-16-9-11-25-14-16/h1-2,4,6-8,12,16,24-25H,3,5,9-11,13-15H2. The monoisotopic (exact) mass is 436 g/mol. The number of ether oxygens (including phenoxy) is 1. The summed E-state index contributed by atoms with van der Waals surface area (Å²) in [6.45, 7) is 5.02. The van der Waals surface area contributed by atoms with Crippen LogP contribution in [0.25, 0.3) is 0 Å². The third kappa shape index (κ3) is 5.98. The van der Waals surface area contributed by atoms with Crippen molar-refractivity contribution < 1.29 is 4.74 Å². The fourth-order valence-corrected chi connectivity index (χ4v) is 4.04. The lowest BCUT2D eigenvalue weighted by atomic mass is 10.1. The van der Waals surface area contributed by atoms with Crippen molar-refractivity contribution in [1.29, 1.82) is 0 Å². The maximum absolute atomic E-state index is 6.08. The first-order chi connectivity index (χ1) is 12.7. The first-order valence-corrected chi connectivity index (χ1v) is 10.5. The molecule has 0 bridgehead atoms. The summed E-state index contributed by atoms with van der Waals surface area (Å²) < 4.78 is 7.06. The Balaban J connectivity index is 1.46. The molecule has 1 fully saturated rings. The zero-order chi connectivity index (χ0) is 18.2. The zero-order valence-electron chi connectivity index (χ0n) is 14.9. The van der Waals surface area contributed by atoms with Crippen LogP contribution < -0.4 is 15.4 Å². The molecule has 0 aliphatic carbocycles. The number of hydrogen-bond donors (Lipinski definition) is 2. The zero-order valence-corrected chi connectivity index (χ0v) is 17.3. The highest BCUT2D eigenvalue weighted by Crippen LogP contribution is 2.25. The molecule has 140 valence electrons. The van der Waals surface area contributed by atoms with Gasteiger partial charge in [-0.3, -0.25) is 0 Å². The van der Waals surface area contributed by atoms with Crippen molar-refractivity contribution in [3.05, 3.63) is 63.1 Å². The third-order valence-corrected chi connectivity index (χ3v) is 5.74. The lowest BCUT2D eigenvalue weighted by Crippen LogP contribution is -2.25. The molecule has 3 nitrogen and oxygen atoms in total. The normalized spacial score (nSPS) is 16.8. The molecule has 1 heterocycles. The number of hydrogen-bond acceptors (Lipinski definition) is 3. The minimum Gasteiger partial charge on any atom is -0.489 e. The molecule has 1 aliphatic heterocycles. The molecule has 0 aromatic heterocycles. The van der Waals surface area contributed by atoms with Crippen molar-refractivity contribution in [2.75, 3.05) is 26.2 Å². The molecular formula is C21H26BrClN2O. The highest BCUT2D eigenvalue weighted by atomic mass is 79.9. The summed E-state index contributed by atoms with van der Waals surface area (Å²) in [5, 5.41) is 7.73. The van der Waals surface area contributed by atoms with Crippen LogP contribution in [-0.4, -0.2) is 26.2 Å². The van der Waals surface area contributed by atoms with Crippen LogP contribution in [0.15, 0.2) is 46.9 Å². The van der Waals surface area contributed by atoms with Gasteiger partial charge >= 0.3 is 0 Å². The first-order valence-electron chi connectivity index (χ1n) is 9.28. The minimum atomic E-state index is 0.529. The van der Waals surface area contributed by atoms with Gasteiger partial charge in [-0.25, -0.2) is 0 Å². The molecule has 0 radical (unpaired) electrons. The van der Waals surface area contributed by atoms with Gasteiger partial charge in [0.15, 0.2) is 0 Å². The number of halogens is 2. The van der Waals surface area contributed by atoms with E-state index in [0.29, 0.717) is 6.61 Å². The van der Waals surface area contributed by atoms with Gasteiger partial charge in [0.25, 0.3) is 0 Å². The fraction of sp³-hybridized carbons (Fsp3) is 0.429. The van der Waals surface area contributed by atoms with Crippen molar-refractivity contribution in [2.24, 2.45) is 5.92 Å². The van der Waals surface area contributed by atoms with Crippen LogP contribution in [0.1, 0.15) is 24.0 Å². The van der Waals surface area contributed by atoms with Crippen molar-refractivity contribution in [2.45, 2.75) is 25.9 Å². The first kappa shape index (κ1) is 19.7. The van der Waals surface area contributed by atoms with E-state index in [1.54, 1.807) is 0 Å². The van der Waals surface area contributed by atoms with Gasteiger partial charge in [-0.15, -0.1) is 0 Å². The maximum atomic E-state index is 6.08. The molecule has 5 heteroatoms. The Kier molecular flexibility index (Phi) is 7.81. The molecule has 3 rings (SSSR count). The van der Waals surface area contributed by atoms with E-state index in [4.69, 9.17) is 16.3 Å². The second-order valence-corrected chi connectivity index (χ2v) is 8.09. The molecule has 1 unspecified atom stereocenters. The second kappa shape index (κ2) is 10.3. The molecule has 26 heavy (non-hydrogen) atoms. The van der Waals surface area contributed by atoms with E-state index >= 15 is 0 Å². The van der Waals surface area contributed by atoms with Crippen LogP contribution in [0.3, 0.4) is 0 Å². The molecule has 2 aromatic rings. The summed E-state index contributed by atoms with van der Waals surface area (Å²) in [6.07, 6.45) is 3.43. The van der Waals surface area contributed by atoms with Gasteiger partial charge in [0.1, 0.15) is 12.4 Å². The molecular weight excluding hydrogens is 412 g/mol. The van der Waals surface area contributed by atoms with E-state index in [1.807, 2.05) is 24.3 Å². The van der Waals surface area contributed by atoms with Gasteiger partial charge in [-0.2, -0.15) is 0 Å². The van der Waals surface area contributed by atoms with E-state index < -0.39 is 0 Å². The van der Waals surface area contributed by atoms with Gasteiger partial charge in [0.2, 0.25) is 0 Å². The third-order valence-electron chi connectivity index (χ3n) is 4.77. The highest BCUT2D eigenvalue weighted by molar-refractivity contribution is 9.10. The minimum absolute atomic E-state index is 0.529. The van der Waals surface area contributed by atoms with E-state index in [0.717, 1.165) is 59.2 Å². The Labute approximate surface area is 169 Å². The summed E-state index contributed by atoms with van der Waals surface area (Å²) in [7, 11) is 0. The maximum Gasteiger partial charge on any atom is 0.122 e. The van der Waals surface area contributed by atoms with Crippen LogP contribution in [0.4, 0.5) is 0 Å². The predicted molar refractivity (Wildman–Crippen MR) is 112 cm³/mol. The van der Waals surface area contributed by atoms with Crippen LogP contribution in [0.2, 0.25) is 5.02 Å². The number of aryl methyl sites for hydroxylation is 1. The van der Waals surface area contributed by atoms with E-state index in [2.05, 4.69) is 44.8 Å². The molecule has 1 aliphatic rings. The average molecular weight is 438 g/mol. The molecule has 1 atom stereocenters. The largest absolute Gasteiger partial charge is 0.489 e. The molecule has 0 saturated carbocycles. The predicted octanol–water partition coefficient (Wildman–Crippen LogP) is 4.81. The van der Waals surface area contributed by atoms with Crippen molar-refractivity contribution in [3.63, 3.8) is 0 Å². The Morgan fingerprint density at radius 1 is 1.19 bits per heavy atom. The van der Waals surface area contributed by atoms with Crippen LogP contribution in [0, 0.1) is 5.92 Å². The van der Waals surface area contributed by atoms with Crippen molar-refractivity contribution in [3.8, 4) is 5.75 Å². The Bertz CT molecular complexity index is 704. The van der Waals surface area contributed by atoms with Gasteiger partial charge < -0.3 is 15.4 Å². The number of para-hydroxylation sites is 1. The Hall–Kier alpha value is -1.07. The quantitative estimate of drug-likeness (QED) is 0.552. The van der Waals surface area contributed by atoms with E-state index in [9.17, 15) is 0 Å². The SMILES string of the molecule is Clc1ccc(COc2ccccc2CCCNCC2CCNC2)c(Br)c1. The Morgan fingerprint density at radius 2 is 2.08 bits per heavy atom. The smallest absolute Gasteiger partial charge is 0.122 e. The molecule has 2 N–H and O–H groups in total. The number of benzene rings is 2. The van der Waals surface area contributed by atoms with E-state index in [-0.39, 0.29) is 0 Å². The number of rotatable bonds is 9. The molecule has 1 saturated heterocycles. The summed E-state index contributed by atoms with van der Waals surface area (Å²) >= 11 is 9.55. The van der Waals surface area contributed by atoms with E-state index in [1.165, 1.54) is 18.5 Å². The lowest BCUT2D eigenvalue weighted by Gasteiger charge is -2.13. The van der Waals surface area contributed by atoms with Gasteiger partial charge in [0.05, 0.1) is 0 Å². The average Bonchev–Trinajstić information content (AvgIpc) is 3.15. The Morgan fingerprint density at radius 3 is 2.88 bits per heavy atom. The molecule has 2 aromatic carbocycles. The van der Waals surface area contributed by atoms with Crippen LogP contribution in [0.5, 0.6) is 5.75 Å². The fourth-order valence-electron chi connectivity index (χ4n) is 3.24. The second-order valence-electron chi connectivity index (χ2n) is 6.80. The molecule has 0 spiro atoms. The van der Waals surface area contributed by atoms with Crippen molar-refractivity contribution in [1.82, 2.24) is 10.6 Å². The topological polar surface area (TPSA) is 33.3 Å². The summed E-state index contributed by atoms with van der Waals surface area (Å²) in [4.78, 5) is 0. The van der Waals surface area contributed by atoms with Crippen molar-refractivity contribution >= 4 is 27.5 Å². The number of nitrogens with one attached hydrogen (secondary N) is 2. The lowest BCUT2D eigenvalue weighted by molar-refractivity contribution is 0.302. The summed E-state index contributed by atoms with van der Waals surface area (Å²) in [5.41, 5.74) is 2.36. The van der Waals surface area contributed by atoms with Gasteiger partial charge in [0, 0.05) is 15.1 Å². The van der Waals surface area contributed by atoms with Crippen LogP contribution >= 0.6 is 27.5 Å².